The molecule has 0 bridgehead atoms. The van der Waals surface area contributed by atoms with Gasteiger partial charge in [0.1, 0.15) is 11.8 Å². The molecular formula is C19H27N3O3. The van der Waals surface area contributed by atoms with Gasteiger partial charge in [-0.2, -0.15) is 0 Å². The SMILES string of the molecule is COc1ccc(NC(=O)[C@H]2CCCN2C(=O)NC2CCCCC2)cc1. The molecule has 1 aromatic carbocycles. The van der Waals surface area contributed by atoms with E-state index in [1.807, 2.05) is 0 Å². The minimum atomic E-state index is -0.398. The van der Waals surface area contributed by atoms with Crippen molar-refractivity contribution in [3.05, 3.63) is 24.3 Å². The average Bonchev–Trinajstić information content (AvgIpc) is 3.13. The van der Waals surface area contributed by atoms with Crippen LogP contribution in [0.15, 0.2) is 24.3 Å². The van der Waals surface area contributed by atoms with E-state index in [2.05, 4.69) is 10.6 Å². The zero-order valence-corrected chi connectivity index (χ0v) is 14.8. The molecule has 2 fully saturated rings. The van der Waals surface area contributed by atoms with Crippen molar-refractivity contribution in [1.82, 2.24) is 10.2 Å². The summed E-state index contributed by atoms with van der Waals surface area (Å²) in [5.41, 5.74) is 0.713. The number of hydrogen-bond acceptors (Lipinski definition) is 3. The lowest BCUT2D eigenvalue weighted by Crippen LogP contribution is -2.50. The first kappa shape index (κ1) is 17.6. The van der Waals surface area contributed by atoms with E-state index in [0.29, 0.717) is 18.7 Å². The van der Waals surface area contributed by atoms with Crippen molar-refractivity contribution in [2.24, 2.45) is 0 Å². The fourth-order valence-electron chi connectivity index (χ4n) is 3.69. The molecule has 0 spiro atoms. The van der Waals surface area contributed by atoms with Gasteiger partial charge in [0, 0.05) is 18.3 Å². The molecule has 6 heteroatoms. The first-order valence-corrected chi connectivity index (χ1v) is 9.19. The van der Waals surface area contributed by atoms with Crippen LogP contribution in [-0.2, 0) is 4.79 Å². The van der Waals surface area contributed by atoms with Crippen LogP contribution in [0.5, 0.6) is 5.75 Å². The van der Waals surface area contributed by atoms with Crippen LogP contribution in [0.2, 0.25) is 0 Å². The quantitative estimate of drug-likeness (QED) is 0.881. The van der Waals surface area contributed by atoms with Crippen molar-refractivity contribution < 1.29 is 14.3 Å². The zero-order valence-electron chi connectivity index (χ0n) is 14.8. The molecule has 0 aromatic heterocycles. The molecule has 1 aliphatic carbocycles. The number of amides is 3. The number of nitrogens with zero attached hydrogens (tertiary/aromatic N) is 1. The molecule has 1 saturated carbocycles. The summed E-state index contributed by atoms with van der Waals surface area (Å²) in [6.45, 7) is 0.638. The van der Waals surface area contributed by atoms with Crippen molar-refractivity contribution in [3.8, 4) is 5.75 Å². The Morgan fingerprint density at radius 2 is 1.76 bits per heavy atom. The zero-order chi connectivity index (χ0) is 17.6. The lowest BCUT2D eigenvalue weighted by Gasteiger charge is -2.29. The Morgan fingerprint density at radius 1 is 1.04 bits per heavy atom. The molecule has 0 radical (unpaired) electrons. The maximum atomic E-state index is 12.6. The van der Waals surface area contributed by atoms with Gasteiger partial charge >= 0.3 is 6.03 Å². The number of carbonyl (C=O) groups is 2. The van der Waals surface area contributed by atoms with Crippen LogP contribution in [0, 0.1) is 0 Å². The molecule has 1 heterocycles. The summed E-state index contributed by atoms with van der Waals surface area (Å²) in [5, 5.41) is 6.02. The molecule has 1 aliphatic heterocycles. The molecule has 136 valence electrons. The summed E-state index contributed by atoms with van der Waals surface area (Å²) in [6.07, 6.45) is 7.26. The van der Waals surface area contributed by atoms with Crippen LogP contribution in [0.1, 0.15) is 44.9 Å². The third kappa shape index (κ3) is 4.44. The predicted octanol–water partition coefficient (Wildman–Crippen LogP) is 3.14. The number of anilines is 1. The number of benzene rings is 1. The Morgan fingerprint density at radius 3 is 2.44 bits per heavy atom. The van der Waals surface area contributed by atoms with E-state index in [9.17, 15) is 9.59 Å². The largest absolute Gasteiger partial charge is 0.497 e. The van der Waals surface area contributed by atoms with Gasteiger partial charge in [-0.15, -0.1) is 0 Å². The molecule has 25 heavy (non-hydrogen) atoms. The summed E-state index contributed by atoms with van der Waals surface area (Å²) in [7, 11) is 1.61. The van der Waals surface area contributed by atoms with Crippen LogP contribution < -0.4 is 15.4 Å². The molecule has 6 nitrogen and oxygen atoms in total. The molecule has 0 unspecified atom stereocenters. The number of methoxy groups -OCH3 is 1. The van der Waals surface area contributed by atoms with Gasteiger partial charge in [0.05, 0.1) is 7.11 Å². The lowest BCUT2D eigenvalue weighted by molar-refractivity contribution is -0.119. The van der Waals surface area contributed by atoms with Crippen molar-refractivity contribution in [1.29, 1.82) is 0 Å². The summed E-state index contributed by atoms with van der Waals surface area (Å²) >= 11 is 0. The summed E-state index contributed by atoms with van der Waals surface area (Å²) < 4.78 is 5.12. The molecule has 1 atom stereocenters. The standard InChI is InChI=1S/C19H27N3O3/c1-25-16-11-9-15(10-12-16)20-18(23)17-8-5-13-22(17)19(24)21-14-6-3-2-4-7-14/h9-12,14,17H,2-8,13H2,1H3,(H,20,23)(H,21,24)/t17-/m1/s1. The van der Waals surface area contributed by atoms with E-state index >= 15 is 0 Å². The number of hydrogen-bond donors (Lipinski definition) is 2. The minimum absolute atomic E-state index is 0.0979. The molecular weight excluding hydrogens is 318 g/mol. The molecule has 2 aliphatic rings. The number of ether oxygens (including phenoxy) is 1. The normalized spacial score (nSPS) is 21.0. The highest BCUT2D eigenvalue weighted by Gasteiger charge is 2.35. The van der Waals surface area contributed by atoms with Gasteiger partial charge in [0.25, 0.3) is 0 Å². The van der Waals surface area contributed by atoms with E-state index in [0.717, 1.165) is 25.0 Å². The Hall–Kier alpha value is -2.24. The molecule has 1 aromatic rings. The van der Waals surface area contributed by atoms with Gasteiger partial charge in [-0.3, -0.25) is 4.79 Å². The number of nitrogens with one attached hydrogen (secondary N) is 2. The summed E-state index contributed by atoms with van der Waals surface area (Å²) in [5.74, 6) is 0.619. The van der Waals surface area contributed by atoms with E-state index < -0.39 is 6.04 Å². The molecule has 3 amide bonds. The van der Waals surface area contributed by atoms with Crippen molar-refractivity contribution in [2.45, 2.75) is 57.0 Å². The Balaban J connectivity index is 1.57. The predicted molar refractivity (Wildman–Crippen MR) is 96.8 cm³/mol. The first-order valence-electron chi connectivity index (χ1n) is 9.19. The summed E-state index contributed by atoms with van der Waals surface area (Å²) in [4.78, 5) is 26.9. The molecule has 2 N–H and O–H groups in total. The fourth-order valence-corrected chi connectivity index (χ4v) is 3.69. The minimum Gasteiger partial charge on any atom is -0.497 e. The second kappa shape index (κ2) is 8.23. The van der Waals surface area contributed by atoms with Gasteiger partial charge < -0.3 is 20.3 Å². The van der Waals surface area contributed by atoms with Gasteiger partial charge in [-0.25, -0.2) is 4.79 Å². The van der Waals surface area contributed by atoms with Crippen LogP contribution in [0.3, 0.4) is 0 Å². The van der Waals surface area contributed by atoms with Crippen LogP contribution in [0.4, 0.5) is 10.5 Å². The van der Waals surface area contributed by atoms with Crippen molar-refractivity contribution in [3.63, 3.8) is 0 Å². The Bertz CT molecular complexity index is 596. The lowest BCUT2D eigenvalue weighted by atomic mass is 9.96. The van der Waals surface area contributed by atoms with Crippen LogP contribution >= 0.6 is 0 Å². The molecule has 1 saturated heterocycles. The highest BCUT2D eigenvalue weighted by atomic mass is 16.5. The number of rotatable bonds is 4. The van der Waals surface area contributed by atoms with Crippen LogP contribution in [0.25, 0.3) is 0 Å². The highest BCUT2D eigenvalue weighted by Crippen LogP contribution is 2.22. The third-order valence-corrected chi connectivity index (χ3v) is 5.11. The first-order chi connectivity index (χ1) is 12.2. The van der Waals surface area contributed by atoms with Gasteiger partial charge in [0.2, 0.25) is 5.91 Å². The van der Waals surface area contributed by atoms with E-state index in [-0.39, 0.29) is 18.0 Å². The van der Waals surface area contributed by atoms with Gasteiger partial charge in [0.15, 0.2) is 0 Å². The van der Waals surface area contributed by atoms with E-state index in [4.69, 9.17) is 4.74 Å². The number of likely N-dealkylation sites (tertiary alicyclic amines) is 1. The Labute approximate surface area is 148 Å². The highest BCUT2D eigenvalue weighted by molar-refractivity contribution is 5.97. The number of carbonyl (C=O) groups excluding carboxylic acids is 2. The van der Waals surface area contributed by atoms with Gasteiger partial charge in [-0.1, -0.05) is 19.3 Å². The third-order valence-electron chi connectivity index (χ3n) is 5.11. The van der Waals surface area contributed by atoms with Crippen molar-refractivity contribution in [2.75, 3.05) is 19.0 Å². The maximum Gasteiger partial charge on any atom is 0.318 e. The topological polar surface area (TPSA) is 70.7 Å². The second-order valence-corrected chi connectivity index (χ2v) is 6.85. The van der Waals surface area contributed by atoms with Gasteiger partial charge in [-0.05, 0) is 49.9 Å². The fraction of sp³-hybridized carbons (Fsp3) is 0.579. The monoisotopic (exact) mass is 345 g/mol. The molecule has 3 rings (SSSR count). The Kier molecular flexibility index (Phi) is 5.79. The summed E-state index contributed by atoms with van der Waals surface area (Å²) in [6, 6.07) is 6.98. The maximum absolute atomic E-state index is 12.6. The van der Waals surface area contributed by atoms with E-state index in [1.165, 1.54) is 19.3 Å². The average molecular weight is 345 g/mol. The van der Waals surface area contributed by atoms with Crippen LogP contribution in [-0.4, -0.2) is 42.6 Å². The smallest absolute Gasteiger partial charge is 0.318 e. The second-order valence-electron chi connectivity index (χ2n) is 6.85. The number of urea groups is 1. The van der Waals surface area contributed by atoms with Crippen molar-refractivity contribution >= 4 is 17.6 Å². The van der Waals surface area contributed by atoms with E-state index in [1.54, 1.807) is 36.3 Å².